The maximum absolute atomic E-state index is 12.5. The van der Waals surface area contributed by atoms with Crippen molar-refractivity contribution >= 4 is 34.6 Å². The molecule has 6 rings (SSSR count). The Labute approximate surface area is 269 Å². The highest BCUT2D eigenvalue weighted by Gasteiger charge is 2.30. The van der Waals surface area contributed by atoms with E-state index in [9.17, 15) is 4.79 Å². The molecular weight excluding hydrogens is 578 g/mol. The summed E-state index contributed by atoms with van der Waals surface area (Å²) in [4.78, 5) is 32.2. The van der Waals surface area contributed by atoms with Gasteiger partial charge in [0.25, 0.3) is 0 Å². The largest absolute Gasteiger partial charge is 0.494 e. The van der Waals surface area contributed by atoms with E-state index in [1.807, 2.05) is 47.5 Å². The van der Waals surface area contributed by atoms with Crippen LogP contribution in [0.1, 0.15) is 18.0 Å². The third-order valence-electron chi connectivity index (χ3n) is 8.29. The van der Waals surface area contributed by atoms with E-state index in [0.717, 1.165) is 56.0 Å². The molecule has 0 spiro atoms. The van der Waals surface area contributed by atoms with Gasteiger partial charge in [-0.25, -0.2) is 15.0 Å². The second kappa shape index (κ2) is 14.3. The van der Waals surface area contributed by atoms with Crippen LogP contribution in [-0.2, 0) is 9.63 Å². The first-order valence-corrected chi connectivity index (χ1v) is 15.5. The number of methoxy groups -OCH3 is 1. The Morgan fingerprint density at radius 2 is 1.78 bits per heavy atom. The van der Waals surface area contributed by atoms with Gasteiger partial charge in [-0.15, -0.1) is 6.58 Å². The molecule has 46 heavy (non-hydrogen) atoms. The number of piperazine rings is 1. The van der Waals surface area contributed by atoms with Gasteiger partial charge in [0.1, 0.15) is 17.9 Å². The fourth-order valence-corrected chi connectivity index (χ4v) is 5.96. The molecule has 2 aliphatic heterocycles. The molecule has 236 valence electrons. The summed E-state index contributed by atoms with van der Waals surface area (Å²) in [5.41, 5.74) is 5.66. The zero-order valence-corrected chi connectivity index (χ0v) is 26.1. The van der Waals surface area contributed by atoms with Crippen LogP contribution in [0.25, 0.3) is 11.1 Å². The molecule has 2 N–H and O–H groups in total. The molecule has 3 aromatic carbocycles. The molecule has 0 radical (unpaired) electrons. The second-order valence-electron chi connectivity index (χ2n) is 11.2. The number of amides is 1. The maximum atomic E-state index is 12.5. The van der Waals surface area contributed by atoms with Gasteiger partial charge < -0.3 is 20.3 Å². The summed E-state index contributed by atoms with van der Waals surface area (Å²) in [7, 11) is 1.63. The fraction of sp³-hybridized carbons (Fsp3) is 0.250. The molecule has 3 heterocycles. The monoisotopic (exact) mass is 617 g/mol. The highest BCUT2D eigenvalue weighted by atomic mass is 16.7. The van der Waals surface area contributed by atoms with Crippen molar-refractivity contribution in [3.05, 3.63) is 110 Å². The van der Waals surface area contributed by atoms with Crippen molar-refractivity contribution in [2.45, 2.75) is 12.5 Å². The lowest BCUT2D eigenvalue weighted by atomic mass is 9.98. The van der Waals surface area contributed by atoms with Crippen LogP contribution in [0.2, 0.25) is 0 Å². The van der Waals surface area contributed by atoms with E-state index in [0.29, 0.717) is 35.4 Å². The average molecular weight is 618 g/mol. The summed E-state index contributed by atoms with van der Waals surface area (Å²) in [5.74, 6) is 1.52. The van der Waals surface area contributed by atoms with Crippen molar-refractivity contribution < 1.29 is 14.4 Å². The summed E-state index contributed by atoms with van der Waals surface area (Å²) in [6, 6.07) is 24.6. The minimum Gasteiger partial charge on any atom is -0.494 e. The Kier molecular flexibility index (Phi) is 9.56. The van der Waals surface area contributed by atoms with Gasteiger partial charge in [0.05, 0.1) is 36.8 Å². The fourth-order valence-electron chi connectivity index (χ4n) is 5.96. The van der Waals surface area contributed by atoms with Crippen LogP contribution >= 0.6 is 0 Å². The number of rotatable bonds is 11. The summed E-state index contributed by atoms with van der Waals surface area (Å²) < 4.78 is 5.82. The Morgan fingerprint density at radius 3 is 2.54 bits per heavy atom. The minimum absolute atomic E-state index is 0.00658. The first-order chi connectivity index (χ1) is 22.6. The molecule has 2 fully saturated rings. The Balaban J connectivity index is 1.26. The van der Waals surface area contributed by atoms with E-state index in [1.165, 1.54) is 18.0 Å². The van der Waals surface area contributed by atoms with Gasteiger partial charge in [0.15, 0.2) is 5.82 Å². The summed E-state index contributed by atoms with van der Waals surface area (Å²) in [6.07, 6.45) is 5.53. The minimum atomic E-state index is -0.291. The normalized spacial score (nSPS) is 16.6. The predicted molar refractivity (Wildman–Crippen MR) is 184 cm³/mol. The van der Waals surface area contributed by atoms with Crippen molar-refractivity contribution in [1.29, 1.82) is 0 Å². The van der Waals surface area contributed by atoms with Crippen molar-refractivity contribution in [3.63, 3.8) is 0 Å². The van der Waals surface area contributed by atoms with Crippen molar-refractivity contribution in [1.82, 2.24) is 14.9 Å². The summed E-state index contributed by atoms with van der Waals surface area (Å²) in [6.45, 7) is 12.3. The Hall–Kier alpha value is -5.19. The van der Waals surface area contributed by atoms with Gasteiger partial charge in [-0.2, -0.15) is 0 Å². The van der Waals surface area contributed by atoms with Crippen LogP contribution in [0.4, 0.5) is 28.7 Å². The maximum Gasteiger partial charge on any atom is 0.247 e. The third kappa shape index (κ3) is 6.88. The van der Waals surface area contributed by atoms with Crippen LogP contribution in [-0.4, -0.2) is 67.2 Å². The lowest BCUT2D eigenvalue weighted by Crippen LogP contribution is -2.46. The molecule has 0 saturated carbocycles. The number of ether oxygens (including phenoxy) is 1. The average Bonchev–Trinajstić information content (AvgIpc) is 3.60. The summed E-state index contributed by atoms with van der Waals surface area (Å²) in [5, 5.41) is 8.23. The molecule has 0 unspecified atom stereocenters. The van der Waals surface area contributed by atoms with Crippen LogP contribution < -0.4 is 25.3 Å². The predicted octanol–water partition coefficient (Wildman–Crippen LogP) is 6.21. The van der Waals surface area contributed by atoms with E-state index < -0.39 is 0 Å². The Bertz CT molecular complexity index is 1690. The van der Waals surface area contributed by atoms with E-state index in [1.54, 1.807) is 7.11 Å². The molecule has 2 aliphatic rings. The van der Waals surface area contributed by atoms with Crippen molar-refractivity contribution in [2.24, 2.45) is 0 Å². The number of hydrogen-bond donors (Lipinski definition) is 2. The van der Waals surface area contributed by atoms with Crippen molar-refractivity contribution in [3.8, 4) is 16.9 Å². The van der Waals surface area contributed by atoms with Gasteiger partial charge >= 0.3 is 0 Å². The molecular formula is C36H39N7O3. The quantitative estimate of drug-likeness (QED) is 0.150. The lowest BCUT2D eigenvalue weighted by Gasteiger charge is -2.36. The topological polar surface area (TPSA) is 95.1 Å². The van der Waals surface area contributed by atoms with Gasteiger partial charge in [-0.1, -0.05) is 61.2 Å². The highest BCUT2D eigenvalue weighted by Crippen LogP contribution is 2.40. The first-order valence-electron chi connectivity index (χ1n) is 15.5. The molecule has 0 aliphatic carbocycles. The molecule has 1 atom stereocenters. The second-order valence-corrected chi connectivity index (χ2v) is 11.2. The molecule has 1 aromatic heterocycles. The van der Waals surface area contributed by atoms with Gasteiger partial charge in [0, 0.05) is 51.3 Å². The van der Waals surface area contributed by atoms with Gasteiger partial charge in [-0.3, -0.25) is 14.5 Å². The van der Waals surface area contributed by atoms with Crippen LogP contribution in [0.3, 0.4) is 0 Å². The zero-order chi connectivity index (χ0) is 31.9. The smallest absolute Gasteiger partial charge is 0.247 e. The summed E-state index contributed by atoms with van der Waals surface area (Å²) >= 11 is 0. The standard InChI is InChI=1S/C36H39N7O3/c1-4-15-41-16-18-42(19-17-41)32-23-33(45-3)30(22-29(32)40-36(44)5-2)39-34-24-35(38-25-37-34)43-31(14-20-46-43)28-13-9-12-27(21-28)26-10-7-6-8-11-26/h4-13,21-25,31H,1-2,14-20H2,3H3,(H,40,44)(H,37,38,39)/t31-/m1/s1. The molecule has 10 heteroatoms. The number of carbonyl (C=O) groups excluding carboxylic acids is 1. The van der Waals surface area contributed by atoms with E-state index >= 15 is 0 Å². The van der Waals surface area contributed by atoms with E-state index in [4.69, 9.17) is 9.57 Å². The number of nitrogens with zero attached hydrogens (tertiary/aromatic N) is 5. The Morgan fingerprint density at radius 1 is 0.978 bits per heavy atom. The van der Waals surface area contributed by atoms with Crippen LogP contribution in [0.5, 0.6) is 5.75 Å². The van der Waals surface area contributed by atoms with Gasteiger partial charge in [0.2, 0.25) is 5.91 Å². The van der Waals surface area contributed by atoms with Crippen molar-refractivity contribution in [2.75, 3.05) is 67.0 Å². The van der Waals surface area contributed by atoms with E-state index in [2.05, 4.69) is 80.0 Å². The van der Waals surface area contributed by atoms with Crippen LogP contribution in [0.15, 0.2) is 104 Å². The molecule has 1 amide bonds. The molecule has 2 saturated heterocycles. The number of anilines is 5. The van der Waals surface area contributed by atoms with Crippen LogP contribution in [0, 0.1) is 0 Å². The SMILES string of the molecule is C=CCN1CCN(c2cc(OC)c(Nc3cc(N4OCC[C@@H]4c4cccc(-c5ccccc5)c4)ncn3)cc2NC(=O)C=C)CC1. The first kappa shape index (κ1) is 30.8. The number of benzene rings is 3. The number of aromatic nitrogens is 2. The highest BCUT2D eigenvalue weighted by molar-refractivity contribution is 6.02. The number of hydroxylamine groups is 1. The molecule has 4 aromatic rings. The number of nitrogens with one attached hydrogen (secondary N) is 2. The number of carbonyl (C=O) groups is 1. The number of hydrogen-bond acceptors (Lipinski definition) is 9. The molecule has 0 bridgehead atoms. The van der Waals surface area contributed by atoms with Gasteiger partial charge in [-0.05, 0) is 34.9 Å². The zero-order valence-electron chi connectivity index (χ0n) is 26.1. The molecule has 10 nitrogen and oxygen atoms in total. The lowest BCUT2D eigenvalue weighted by molar-refractivity contribution is -0.111. The third-order valence-corrected chi connectivity index (χ3v) is 8.29. The van der Waals surface area contributed by atoms with E-state index in [-0.39, 0.29) is 11.9 Å².